The van der Waals surface area contributed by atoms with Gasteiger partial charge in [-0.05, 0) is 32.2 Å². The molecule has 0 spiro atoms. The normalized spacial score (nSPS) is 24.3. The molecule has 0 aromatic rings. The van der Waals surface area contributed by atoms with Crippen molar-refractivity contribution in [3.63, 3.8) is 0 Å². The molecule has 0 bridgehead atoms. The van der Waals surface area contributed by atoms with Gasteiger partial charge in [0.05, 0.1) is 0 Å². The van der Waals surface area contributed by atoms with Crippen molar-refractivity contribution in [1.29, 1.82) is 0 Å². The first-order valence-electron chi connectivity index (χ1n) is 8.03. The second-order valence-electron chi connectivity index (χ2n) is 6.00. The summed E-state index contributed by atoms with van der Waals surface area (Å²) in [6.07, 6.45) is 6.77. The van der Waals surface area contributed by atoms with Crippen LogP contribution in [0, 0.1) is 0 Å². The van der Waals surface area contributed by atoms with Gasteiger partial charge in [-0.15, -0.1) is 0 Å². The number of nitrogens with zero attached hydrogens (tertiary/aromatic N) is 2. The van der Waals surface area contributed by atoms with Crippen LogP contribution in [0.4, 0.5) is 0 Å². The van der Waals surface area contributed by atoms with E-state index in [0.29, 0.717) is 0 Å². The van der Waals surface area contributed by atoms with Gasteiger partial charge in [0.2, 0.25) is 0 Å². The molecule has 3 heteroatoms. The zero-order chi connectivity index (χ0) is 12.8. The average Bonchev–Trinajstić information content (AvgIpc) is 3.20. The topological polar surface area (TPSA) is 18.5 Å². The van der Waals surface area contributed by atoms with Crippen molar-refractivity contribution in [2.45, 2.75) is 58.0 Å². The van der Waals surface area contributed by atoms with Crippen molar-refractivity contribution in [2.75, 3.05) is 39.3 Å². The highest BCUT2D eigenvalue weighted by Crippen LogP contribution is 2.19. The summed E-state index contributed by atoms with van der Waals surface area (Å²) in [6.45, 7) is 12.2. The largest absolute Gasteiger partial charge is 0.312 e. The van der Waals surface area contributed by atoms with Crippen LogP contribution in [-0.2, 0) is 0 Å². The Balaban J connectivity index is 1.72. The highest BCUT2D eigenvalue weighted by Gasteiger charge is 2.26. The van der Waals surface area contributed by atoms with Crippen LogP contribution in [0.5, 0.6) is 0 Å². The lowest BCUT2D eigenvalue weighted by atomic mass is 10.1. The molecule has 2 fully saturated rings. The molecule has 3 nitrogen and oxygen atoms in total. The summed E-state index contributed by atoms with van der Waals surface area (Å²) in [7, 11) is 0. The summed E-state index contributed by atoms with van der Waals surface area (Å²) >= 11 is 0. The van der Waals surface area contributed by atoms with Gasteiger partial charge < -0.3 is 10.2 Å². The van der Waals surface area contributed by atoms with E-state index >= 15 is 0 Å². The quantitative estimate of drug-likeness (QED) is 0.713. The van der Waals surface area contributed by atoms with Crippen molar-refractivity contribution in [1.82, 2.24) is 15.1 Å². The van der Waals surface area contributed by atoms with Gasteiger partial charge in [-0.1, -0.05) is 20.3 Å². The summed E-state index contributed by atoms with van der Waals surface area (Å²) in [5, 5.41) is 3.72. The number of hydrogen-bond acceptors (Lipinski definition) is 3. The van der Waals surface area contributed by atoms with E-state index in [0.717, 1.165) is 12.1 Å². The molecule has 18 heavy (non-hydrogen) atoms. The summed E-state index contributed by atoms with van der Waals surface area (Å²) in [6, 6.07) is 1.63. The molecule has 1 aliphatic carbocycles. The lowest BCUT2D eigenvalue weighted by Crippen LogP contribution is -2.53. The molecule has 1 unspecified atom stereocenters. The number of piperazine rings is 1. The smallest absolute Gasteiger partial charge is 0.0221 e. The molecule has 1 saturated heterocycles. The van der Waals surface area contributed by atoms with E-state index in [4.69, 9.17) is 0 Å². The van der Waals surface area contributed by atoms with E-state index in [1.807, 2.05) is 0 Å². The Kier molecular flexibility index (Phi) is 5.93. The molecule has 0 aromatic carbocycles. The summed E-state index contributed by atoms with van der Waals surface area (Å²) in [5.74, 6) is 0. The number of hydrogen-bond donors (Lipinski definition) is 1. The van der Waals surface area contributed by atoms with Crippen molar-refractivity contribution in [2.24, 2.45) is 0 Å². The summed E-state index contributed by atoms with van der Waals surface area (Å²) in [4.78, 5) is 5.35. The minimum absolute atomic E-state index is 0.777. The zero-order valence-electron chi connectivity index (χ0n) is 12.3. The zero-order valence-corrected chi connectivity index (χ0v) is 12.3. The molecule has 2 aliphatic rings. The van der Waals surface area contributed by atoms with Gasteiger partial charge in [0.15, 0.2) is 0 Å². The molecule has 0 amide bonds. The van der Waals surface area contributed by atoms with E-state index in [9.17, 15) is 0 Å². The monoisotopic (exact) mass is 253 g/mol. The fraction of sp³-hybridized carbons (Fsp3) is 1.00. The molecular weight excluding hydrogens is 222 g/mol. The Morgan fingerprint density at radius 1 is 1.06 bits per heavy atom. The predicted octanol–water partition coefficient (Wildman–Crippen LogP) is 1.93. The lowest BCUT2D eigenvalue weighted by molar-refractivity contribution is 0.0909. The first-order valence-corrected chi connectivity index (χ1v) is 8.03. The number of rotatable bonds is 8. The fourth-order valence-electron chi connectivity index (χ4n) is 3.01. The Labute approximate surface area is 113 Å². The summed E-state index contributed by atoms with van der Waals surface area (Å²) in [5.41, 5.74) is 0. The van der Waals surface area contributed by atoms with Crippen molar-refractivity contribution < 1.29 is 0 Å². The van der Waals surface area contributed by atoms with Crippen LogP contribution in [0.15, 0.2) is 0 Å². The SMILES string of the molecule is CCCC(CNC1CC1)N1CCN(CCC)CC1. The molecule has 2 rings (SSSR count). The van der Waals surface area contributed by atoms with Crippen molar-refractivity contribution >= 4 is 0 Å². The highest BCUT2D eigenvalue weighted by atomic mass is 15.3. The second-order valence-corrected chi connectivity index (χ2v) is 6.00. The van der Waals surface area contributed by atoms with Gasteiger partial charge in [0.25, 0.3) is 0 Å². The second kappa shape index (κ2) is 7.46. The van der Waals surface area contributed by atoms with Crippen LogP contribution in [0.3, 0.4) is 0 Å². The van der Waals surface area contributed by atoms with Gasteiger partial charge in [0.1, 0.15) is 0 Å². The van der Waals surface area contributed by atoms with E-state index in [1.54, 1.807) is 0 Å². The molecule has 106 valence electrons. The minimum atomic E-state index is 0.777. The first-order chi connectivity index (χ1) is 8.83. The number of nitrogens with one attached hydrogen (secondary N) is 1. The summed E-state index contributed by atoms with van der Waals surface area (Å²) < 4.78 is 0. The van der Waals surface area contributed by atoms with Crippen LogP contribution >= 0.6 is 0 Å². The van der Waals surface area contributed by atoms with Gasteiger partial charge in [-0.25, -0.2) is 0 Å². The van der Waals surface area contributed by atoms with Crippen LogP contribution in [0.2, 0.25) is 0 Å². The minimum Gasteiger partial charge on any atom is -0.312 e. The van der Waals surface area contributed by atoms with Crippen LogP contribution in [-0.4, -0.2) is 61.2 Å². The van der Waals surface area contributed by atoms with Crippen LogP contribution in [0.1, 0.15) is 46.0 Å². The van der Waals surface area contributed by atoms with Crippen LogP contribution < -0.4 is 5.32 Å². The van der Waals surface area contributed by atoms with Gasteiger partial charge in [-0.2, -0.15) is 0 Å². The molecule has 0 aromatic heterocycles. The van der Waals surface area contributed by atoms with Crippen molar-refractivity contribution in [3.8, 4) is 0 Å². The Bertz CT molecular complexity index is 220. The van der Waals surface area contributed by atoms with E-state index < -0.39 is 0 Å². The molecule has 0 radical (unpaired) electrons. The third-order valence-electron chi connectivity index (χ3n) is 4.30. The van der Waals surface area contributed by atoms with E-state index in [1.165, 1.54) is 71.4 Å². The Hall–Kier alpha value is -0.120. The molecule has 1 saturated carbocycles. The fourth-order valence-corrected chi connectivity index (χ4v) is 3.01. The maximum Gasteiger partial charge on any atom is 0.0221 e. The predicted molar refractivity (Wildman–Crippen MR) is 78.0 cm³/mol. The molecular formula is C15H31N3. The lowest BCUT2D eigenvalue weighted by Gasteiger charge is -2.39. The Morgan fingerprint density at radius 3 is 2.33 bits per heavy atom. The molecule has 1 N–H and O–H groups in total. The van der Waals surface area contributed by atoms with Crippen molar-refractivity contribution in [3.05, 3.63) is 0 Å². The van der Waals surface area contributed by atoms with Gasteiger partial charge >= 0.3 is 0 Å². The maximum absolute atomic E-state index is 3.72. The highest BCUT2D eigenvalue weighted by molar-refractivity contribution is 4.85. The average molecular weight is 253 g/mol. The third-order valence-corrected chi connectivity index (χ3v) is 4.30. The molecule has 1 atom stereocenters. The van der Waals surface area contributed by atoms with E-state index in [2.05, 4.69) is 29.0 Å². The first kappa shape index (κ1) is 14.3. The van der Waals surface area contributed by atoms with E-state index in [-0.39, 0.29) is 0 Å². The van der Waals surface area contributed by atoms with Gasteiger partial charge in [-0.3, -0.25) is 4.90 Å². The molecule has 1 heterocycles. The third kappa shape index (κ3) is 4.52. The molecule has 1 aliphatic heterocycles. The maximum atomic E-state index is 3.72. The van der Waals surface area contributed by atoms with Crippen LogP contribution in [0.25, 0.3) is 0 Å². The van der Waals surface area contributed by atoms with Gasteiger partial charge in [0, 0.05) is 44.8 Å². The Morgan fingerprint density at radius 2 is 1.78 bits per heavy atom. The standard InChI is InChI=1S/C15H31N3/c1-3-5-15(13-16-14-6-7-14)18-11-9-17(8-4-2)10-12-18/h14-16H,3-13H2,1-2H3.